The van der Waals surface area contributed by atoms with E-state index in [1.807, 2.05) is 18.2 Å². The van der Waals surface area contributed by atoms with Gasteiger partial charge >= 0.3 is 0 Å². The van der Waals surface area contributed by atoms with Gasteiger partial charge in [-0.25, -0.2) is 4.98 Å². The van der Waals surface area contributed by atoms with E-state index < -0.39 is 5.60 Å². The molecule has 1 amide bonds. The minimum absolute atomic E-state index is 0.0640. The first-order chi connectivity index (χ1) is 14.5. The Morgan fingerprint density at radius 1 is 1.13 bits per heavy atom. The zero-order chi connectivity index (χ0) is 20.7. The number of aryl methyl sites for hydroxylation is 1. The molecule has 4 fully saturated rings. The van der Waals surface area contributed by atoms with Crippen LogP contribution in [0, 0.1) is 17.8 Å². The summed E-state index contributed by atoms with van der Waals surface area (Å²) in [6.07, 6.45) is 5.76. The summed E-state index contributed by atoms with van der Waals surface area (Å²) in [7, 11) is 0. The van der Waals surface area contributed by atoms with Gasteiger partial charge in [-0.1, -0.05) is 41.9 Å². The molecule has 4 aliphatic carbocycles. The second-order valence-electron chi connectivity index (χ2n) is 9.26. The highest BCUT2D eigenvalue weighted by molar-refractivity contribution is 7.99. The number of aliphatic hydroxyl groups is 1. The second-order valence-corrected chi connectivity index (χ2v) is 10.7. The van der Waals surface area contributed by atoms with Crippen LogP contribution in [0.15, 0.2) is 47.5 Å². The van der Waals surface area contributed by atoms with Gasteiger partial charge in [0.15, 0.2) is 0 Å². The van der Waals surface area contributed by atoms with Gasteiger partial charge in [0, 0.05) is 11.8 Å². The zero-order valence-electron chi connectivity index (χ0n) is 16.9. The molecule has 2 unspecified atom stereocenters. The molecular formula is C24H27ClN2O2S. The summed E-state index contributed by atoms with van der Waals surface area (Å²) < 4.78 is 0. The van der Waals surface area contributed by atoms with Crippen LogP contribution < -0.4 is 5.32 Å². The van der Waals surface area contributed by atoms with Crippen LogP contribution in [0.4, 0.5) is 0 Å². The van der Waals surface area contributed by atoms with Gasteiger partial charge in [-0.2, -0.15) is 0 Å². The number of hydrogen-bond donors (Lipinski definition) is 2. The minimum atomic E-state index is -0.488. The molecule has 2 atom stereocenters. The van der Waals surface area contributed by atoms with Gasteiger partial charge in [-0.05, 0) is 74.0 Å². The third-order valence-electron chi connectivity index (χ3n) is 7.08. The molecule has 0 radical (unpaired) electrons. The molecule has 0 spiro atoms. The summed E-state index contributed by atoms with van der Waals surface area (Å²) in [5.41, 5.74) is 1.38. The van der Waals surface area contributed by atoms with Crippen molar-refractivity contribution in [3.63, 3.8) is 0 Å². The number of thioether (sulfide) groups is 1. The first-order valence-electron chi connectivity index (χ1n) is 10.9. The molecule has 30 heavy (non-hydrogen) atoms. The van der Waals surface area contributed by atoms with Crippen molar-refractivity contribution in [2.75, 3.05) is 5.75 Å². The SMILES string of the molecule is O=C(N[C@H]1C2CC3CC1C[C@](O)(C3)C2)c1ccc(Cl)nc1SCCc1ccccc1. The van der Waals surface area contributed by atoms with E-state index in [0.717, 1.165) is 44.3 Å². The highest BCUT2D eigenvalue weighted by atomic mass is 35.5. The van der Waals surface area contributed by atoms with Crippen molar-refractivity contribution in [2.24, 2.45) is 17.8 Å². The van der Waals surface area contributed by atoms with E-state index in [-0.39, 0.29) is 11.9 Å². The molecule has 6 heteroatoms. The summed E-state index contributed by atoms with van der Waals surface area (Å²) in [5.74, 6) is 2.17. The number of hydrogen-bond acceptors (Lipinski definition) is 4. The van der Waals surface area contributed by atoms with Gasteiger partial charge in [0.2, 0.25) is 0 Å². The summed E-state index contributed by atoms with van der Waals surface area (Å²) in [5, 5.41) is 15.2. The van der Waals surface area contributed by atoms with Crippen molar-refractivity contribution in [3.05, 3.63) is 58.7 Å². The van der Waals surface area contributed by atoms with Crippen LogP contribution >= 0.6 is 23.4 Å². The van der Waals surface area contributed by atoms with Crippen molar-refractivity contribution < 1.29 is 9.90 Å². The molecule has 1 aromatic carbocycles. The Kier molecular flexibility index (Phi) is 5.55. The van der Waals surface area contributed by atoms with Crippen molar-refractivity contribution in [1.29, 1.82) is 0 Å². The van der Waals surface area contributed by atoms with Crippen LogP contribution in [0.3, 0.4) is 0 Å². The molecule has 4 aliphatic rings. The number of carbonyl (C=O) groups is 1. The van der Waals surface area contributed by atoms with Crippen molar-refractivity contribution in [1.82, 2.24) is 10.3 Å². The summed E-state index contributed by atoms with van der Waals surface area (Å²) in [6.45, 7) is 0. The number of nitrogens with one attached hydrogen (secondary N) is 1. The monoisotopic (exact) mass is 442 g/mol. The van der Waals surface area contributed by atoms with Crippen LogP contribution in [0.1, 0.15) is 48.0 Å². The maximum atomic E-state index is 13.2. The van der Waals surface area contributed by atoms with E-state index in [4.69, 9.17) is 11.6 Å². The third kappa shape index (κ3) is 4.12. The third-order valence-corrected chi connectivity index (χ3v) is 8.29. The number of pyridine rings is 1. The largest absolute Gasteiger partial charge is 0.390 e. The first-order valence-corrected chi connectivity index (χ1v) is 12.2. The highest BCUT2D eigenvalue weighted by Crippen LogP contribution is 2.55. The molecule has 4 nitrogen and oxygen atoms in total. The van der Waals surface area contributed by atoms with Crippen molar-refractivity contribution in [2.45, 2.75) is 55.2 Å². The first kappa shape index (κ1) is 20.3. The Balaban J connectivity index is 1.27. The molecule has 2 N–H and O–H groups in total. The predicted octanol–water partition coefficient (Wildman–Crippen LogP) is 4.74. The molecule has 158 valence electrons. The Bertz CT molecular complexity index is 922. The molecule has 2 aromatic rings. The number of amides is 1. The maximum absolute atomic E-state index is 13.2. The molecule has 0 aliphatic heterocycles. The van der Waals surface area contributed by atoms with Crippen molar-refractivity contribution >= 4 is 29.3 Å². The maximum Gasteiger partial charge on any atom is 0.254 e. The van der Waals surface area contributed by atoms with Gasteiger partial charge in [-0.15, -0.1) is 11.8 Å². The van der Waals surface area contributed by atoms with Crippen molar-refractivity contribution in [3.8, 4) is 0 Å². The molecule has 0 saturated heterocycles. The van der Waals surface area contributed by atoms with Crippen LogP contribution in [0.2, 0.25) is 5.15 Å². The minimum Gasteiger partial charge on any atom is -0.390 e. The number of halogens is 1. The van der Waals surface area contributed by atoms with Gasteiger partial charge in [0.1, 0.15) is 10.2 Å². The van der Waals surface area contributed by atoms with E-state index in [0.29, 0.717) is 33.5 Å². The molecule has 1 aromatic heterocycles. The van der Waals surface area contributed by atoms with E-state index in [9.17, 15) is 9.90 Å². The van der Waals surface area contributed by atoms with E-state index in [1.54, 1.807) is 23.9 Å². The fourth-order valence-electron chi connectivity index (χ4n) is 6.06. The number of nitrogens with zero attached hydrogens (tertiary/aromatic N) is 1. The van der Waals surface area contributed by atoms with Crippen LogP contribution in [-0.2, 0) is 6.42 Å². The summed E-state index contributed by atoms with van der Waals surface area (Å²) in [6, 6.07) is 14.0. The lowest BCUT2D eigenvalue weighted by molar-refractivity contribution is -0.136. The topological polar surface area (TPSA) is 62.2 Å². The Morgan fingerprint density at radius 3 is 2.57 bits per heavy atom. The fourth-order valence-corrected chi connectivity index (χ4v) is 7.27. The van der Waals surface area contributed by atoms with Gasteiger partial charge in [0.05, 0.1) is 11.2 Å². The van der Waals surface area contributed by atoms with Crippen LogP contribution in [0.5, 0.6) is 0 Å². The van der Waals surface area contributed by atoms with Gasteiger partial charge in [-0.3, -0.25) is 4.79 Å². The lowest BCUT2D eigenvalue weighted by Gasteiger charge is -2.58. The van der Waals surface area contributed by atoms with Crippen LogP contribution in [0.25, 0.3) is 0 Å². The summed E-state index contributed by atoms with van der Waals surface area (Å²) >= 11 is 7.72. The van der Waals surface area contributed by atoms with E-state index in [2.05, 4.69) is 22.4 Å². The Hall–Kier alpha value is -1.56. The molecule has 1 heterocycles. The summed E-state index contributed by atoms with van der Waals surface area (Å²) in [4.78, 5) is 17.7. The molecule has 6 rings (SSSR count). The fraction of sp³-hybridized carbons (Fsp3) is 0.500. The number of rotatable bonds is 6. The smallest absolute Gasteiger partial charge is 0.254 e. The van der Waals surface area contributed by atoms with E-state index >= 15 is 0 Å². The standard InChI is InChI=1S/C24H27ClN2O2S/c25-20-7-6-19(23(26-20)30-9-8-15-4-2-1-3-5-15)22(28)27-21-17-10-16-11-18(21)14-24(29,12-16)13-17/h1-7,16-18,21,29H,8-14H2,(H,27,28)/t16?,17?,18?,21-,24-. The lowest BCUT2D eigenvalue weighted by atomic mass is 9.52. The lowest BCUT2D eigenvalue weighted by Crippen LogP contribution is -2.61. The average molecular weight is 443 g/mol. The van der Waals surface area contributed by atoms with E-state index in [1.165, 1.54) is 5.56 Å². The number of carbonyl (C=O) groups excluding carboxylic acids is 1. The Morgan fingerprint density at radius 2 is 1.87 bits per heavy atom. The Labute approximate surface area is 186 Å². The highest BCUT2D eigenvalue weighted by Gasteiger charge is 2.55. The molecule has 4 saturated carbocycles. The number of aromatic nitrogens is 1. The molecular weight excluding hydrogens is 416 g/mol. The quantitative estimate of drug-likeness (QED) is 0.501. The zero-order valence-corrected chi connectivity index (χ0v) is 18.5. The van der Waals surface area contributed by atoms with Gasteiger partial charge in [0.25, 0.3) is 5.91 Å². The second kappa shape index (κ2) is 8.18. The molecule has 4 bridgehead atoms. The normalized spacial score (nSPS) is 31.7. The predicted molar refractivity (Wildman–Crippen MR) is 120 cm³/mol. The van der Waals surface area contributed by atoms with Crippen LogP contribution in [-0.4, -0.2) is 33.4 Å². The van der Waals surface area contributed by atoms with Gasteiger partial charge < -0.3 is 10.4 Å². The average Bonchev–Trinajstić information content (AvgIpc) is 2.70. The number of benzene rings is 1.